The molecule has 35 heavy (non-hydrogen) atoms. The van der Waals surface area contributed by atoms with Gasteiger partial charge < -0.3 is 4.55 Å². The highest BCUT2D eigenvalue weighted by Crippen LogP contribution is 2.39. The molecule has 2 aromatic carbocycles. The lowest BCUT2D eigenvalue weighted by Gasteiger charge is -2.36. The van der Waals surface area contributed by atoms with Gasteiger partial charge in [0.25, 0.3) is 0 Å². The molecule has 1 heterocycles. The van der Waals surface area contributed by atoms with Gasteiger partial charge in [0.2, 0.25) is 0 Å². The maximum absolute atomic E-state index is 15.6. The number of nitrogens with one attached hydrogen (secondary N) is 1. The largest absolute Gasteiger partial charge is 0.598 e. The number of rotatable bonds is 6. The maximum atomic E-state index is 15.6. The Morgan fingerprint density at radius 3 is 2.29 bits per heavy atom. The molecule has 0 amide bonds. The van der Waals surface area contributed by atoms with Gasteiger partial charge in [0.1, 0.15) is 16.1 Å². The van der Waals surface area contributed by atoms with Crippen molar-refractivity contribution in [3.63, 3.8) is 0 Å². The third kappa shape index (κ3) is 5.35. The molecule has 0 unspecified atom stereocenters. The van der Waals surface area contributed by atoms with E-state index in [9.17, 15) is 18.2 Å². The number of hydrogen-bond donors (Lipinski definition) is 1. The second kappa shape index (κ2) is 9.38. The average molecular weight is 533 g/mol. The van der Waals surface area contributed by atoms with Crippen molar-refractivity contribution in [3.8, 4) is 17.9 Å². The number of nitrogens with zero attached hydrogens (tertiary/aromatic N) is 1. The third-order valence-corrected chi connectivity index (χ3v) is 11.3. The fraction of sp³-hybridized carbons (Fsp3) is 0.423. The van der Waals surface area contributed by atoms with E-state index in [2.05, 4.69) is 16.6 Å². The zero-order valence-corrected chi connectivity index (χ0v) is 23.3. The Balaban J connectivity index is 2.29. The fourth-order valence-electron chi connectivity index (χ4n) is 3.59. The van der Waals surface area contributed by atoms with Crippen molar-refractivity contribution in [2.24, 2.45) is 0 Å². The molecular weight excluding hydrogens is 503 g/mol. The number of thiophene rings is 1. The summed E-state index contributed by atoms with van der Waals surface area (Å²) < 4.78 is 57.4. The quantitative estimate of drug-likeness (QED) is 0.332. The molecule has 0 aliphatic carbocycles. The summed E-state index contributed by atoms with van der Waals surface area (Å²) in [7, 11) is -4.06. The van der Waals surface area contributed by atoms with E-state index in [1.807, 2.05) is 24.3 Å². The minimum atomic E-state index is -4.06. The van der Waals surface area contributed by atoms with Crippen LogP contribution in [-0.2, 0) is 26.7 Å². The molecule has 9 heteroatoms. The standard InChI is InChI=1S/C26H29FN2O3S3/c1-8-9-17-10-11-22-18(12-17)19-13-20(21(27)14-23(19)33-22)26(7,29-34(30)24(2,3)4)16-35(31,32)25(5,6)15-28/h10-14,29H,16H2,1-7H3/t26-,34+/m0/s1. The summed E-state index contributed by atoms with van der Waals surface area (Å²) in [6.07, 6.45) is 0. The molecule has 0 radical (unpaired) electrons. The normalized spacial score (nSPS) is 15.3. The Hall–Kier alpha value is -2.14. The van der Waals surface area contributed by atoms with Crippen molar-refractivity contribution in [2.45, 2.75) is 63.5 Å². The van der Waals surface area contributed by atoms with Crippen LogP contribution in [0.3, 0.4) is 0 Å². The van der Waals surface area contributed by atoms with Gasteiger partial charge in [-0.25, -0.2) is 12.8 Å². The lowest BCUT2D eigenvalue weighted by molar-refractivity contribution is 0.432. The van der Waals surface area contributed by atoms with Crippen LogP contribution >= 0.6 is 11.3 Å². The van der Waals surface area contributed by atoms with Gasteiger partial charge in [0.15, 0.2) is 14.6 Å². The zero-order chi connectivity index (χ0) is 26.4. The highest BCUT2D eigenvalue weighted by atomic mass is 32.2. The molecule has 2 atom stereocenters. The van der Waals surface area contributed by atoms with Gasteiger partial charge >= 0.3 is 0 Å². The lowest BCUT2D eigenvalue weighted by atomic mass is 9.93. The monoisotopic (exact) mass is 532 g/mol. The molecule has 0 saturated carbocycles. The summed E-state index contributed by atoms with van der Waals surface area (Å²) in [5, 5.41) is 11.1. The molecule has 3 rings (SSSR count). The van der Waals surface area contributed by atoms with Gasteiger partial charge in [0, 0.05) is 42.7 Å². The minimum absolute atomic E-state index is 0.0755. The van der Waals surface area contributed by atoms with Crippen molar-refractivity contribution in [1.29, 1.82) is 5.26 Å². The van der Waals surface area contributed by atoms with Crippen LogP contribution in [0, 0.1) is 29.0 Å². The first-order valence-corrected chi connectivity index (χ1v) is 14.6. The topological polar surface area (TPSA) is 93.0 Å². The Morgan fingerprint density at radius 1 is 1.09 bits per heavy atom. The van der Waals surface area contributed by atoms with Gasteiger partial charge in [-0.1, -0.05) is 5.92 Å². The van der Waals surface area contributed by atoms with E-state index in [1.165, 1.54) is 38.2 Å². The van der Waals surface area contributed by atoms with Gasteiger partial charge in [-0.2, -0.15) is 5.26 Å². The number of nitriles is 1. The SMILES string of the molecule is CC#Cc1ccc2sc3cc(F)c([C@](C)(CS(=O)(=O)C(C)(C)C#N)N[S@+]([O-])C(C)(C)C)cc3c2c1. The van der Waals surface area contributed by atoms with E-state index in [1.54, 1.807) is 33.8 Å². The van der Waals surface area contributed by atoms with Crippen LogP contribution in [0.15, 0.2) is 30.3 Å². The van der Waals surface area contributed by atoms with E-state index in [0.29, 0.717) is 4.70 Å². The molecule has 0 aliphatic heterocycles. The van der Waals surface area contributed by atoms with Crippen molar-refractivity contribution in [1.82, 2.24) is 4.72 Å². The van der Waals surface area contributed by atoms with Crippen molar-refractivity contribution in [3.05, 3.63) is 47.3 Å². The van der Waals surface area contributed by atoms with Crippen LogP contribution < -0.4 is 4.72 Å². The minimum Gasteiger partial charge on any atom is -0.598 e. The molecule has 0 aliphatic rings. The summed E-state index contributed by atoms with van der Waals surface area (Å²) >= 11 is -0.285. The molecule has 3 aromatic rings. The van der Waals surface area contributed by atoms with Crippen molar-refractivity contribution in [2.75, 3.05) is 5.75 Å². The van der Waals surface area contributed by atoms with E-state index >= 15 is 4.39 Å². The van der Waals surface area contributed by atoms with Crippen molar-refractivity contribution >= 4 is 52.7 Å². The summed E-state index contributed by atoms with van der Waals surface area (Å²) in [5.41, 5.74) is -0.677. The number of sulfone groups is 1. The van der Waals surface area contributed by atoms with E-state index in [-0.39, 0.29) is 5.56 Å². The number of hydrogen-bond acceptors (Lipinski definition) is 6. The molecule has 0 bridgehead atoms. The van der Waals surface area contributed by atoms with Gasteiger partial charge in [0.05, 0.1) is 11.8 Å². The maximum Gasteiger partial charge on any atom is 0.171 e. The van der Waals surface area contributed by atoms with E-state index in [0.717, 1.165) is 21.0 Å². The number of fused-ring (bicyclic) bond motifs is 3. The smallest absolute Gasteiger partial charge is 0.171 e. The second-order valence-corrected chi connectivity index (χ2v) is 15.8. The predicted octanol–water partition coefficient (Wildman–Crippen LogP) is 5.55. The summed E-state index contributed by atoms with van der Waals surface area (Å²) in [6.45, 7) is 11.1. The Bertz CT molecular complexity index is 1500. The van der Waals surface area contributed by atoms with Gasteiger partial charge in [-0.15, -0.1) is 22.0 Å². The van der Waals surface area contributed by atoms with Crippen LogP contribution in [0.25, 0.3) is 20.2 Å². The Kier molecular flexibility index (Phi) is 7.36. The second-order valence-electron chi connectivity index (χ2n) is 10.2. The number of halogens is 1. The highest BCUT2D eigenvalue weighted by molar-refractivity contribution is 7.93. The Labute approximate surface area is 214 Å². The summed E-state index contributed by atoms with van der Waals surface area (Å²) in [6, 6.07) is 10.6. The van der Waals surface area contributed by atoms with Crippen LogP contribution in [0.2, 0.25) is 0 Å². The number of benzene rings is 2. The molecule has 186 valence electrons. The molecular formula is C26H29FN2O3S3. The third-order valence-electron chi connectivity index (χ3n) is 5.82. The van der Waals surface area contributed by atoms with E-state index in [4.69, 9.17) is 0 Å². The van der Waals surface area contributed by atoms with Crippen LogP contribution in [0.4, 0.5) is 4.39 Å². The average Bonchev–Trinajstić information content (AvgIpc) is 3.08. The molecule has 1 aromatic heterocycles. The van der Waals surface area contributed by atoms with Gasteiger partial charge in [-0.05, 0) is 78.8 Å². The molecule has 0 saturated heterocycles. The Morgan fingerprint density at radius 2 is 1.71 bits per heavy atom. The van der Waals surface area contributed by atoms with Crippen LogP contribution in [0.5, 0.6) is 0 Å². The summed E-state index contributed by atoms with van der Waals surface area (Å²) in [5.74, 6) is 4.68. The van der Waals surface area contributed by atoms with Crippen LogP contribution in [-0.4, -0.2) is 28.2 Å². The van der Waals surface area contributed by atoms with Crippen molar-refractivity contribution < 1.29 is 17.4 Å². The first kappa shape index (κ1) is 27.4. The zero-order valence-electron chi connectivity index (χ0n) is 20.9. The highest BCUT2D eigenvalue weighted by Gasteiger charge is 2.46. The predicted molar refractivity (Wildman–Crippen MR) is 144 cm³/mol. The fourth-order valence-corrected chi connectivity index (χ4v) is 7.16. The molecule has 0 fully saturated rings. The lowest BCUT2D eigenvalue weighted by Crippen LogP contribution is -2.55. The molecule has 1 N–H and O–H groups in total. The van der Waals surface area contributed by atoms with E-state index < -0.39 is 47.8 Å². The van der Waals surface area contributed by atoms with Gasteiger partial charge in [-0.3, -0.25) is 0 Å². The first-order valence-electron chi connectivity index (χ1n) is 11.0. The molecule has 5 nitrogen and oxygen atoms in total. The molecule has 0 spiro atoms. The van der Waals surface area contributed by atoms with Crippen LogP contribution in [0.1, 0.15) is 59.6 Å². The first-order chi connectivity index (χ1) is 16.0. The summed E-state index contributed by atoms with van der Waals surface area (Å²) in [4.78, 5) is 0.